The molecule has 0 bridgehead atoms. The molecule has 2 aromatic carbocycles. The van der Waals surface area contributed by atoms with Gasteiger partial charge in [-0.1, -0.05) is 6.07 Å². The molecule has 0 unspecified atom stereocenters. The molecular weight excluding hydrogens is 337 g/mol. The summed E-state index contributed by atoms with van der Waals surface area (Å²) in [6, 6.07) is 10.3. The van der Waals surface area contributed by atoms with E-state index in [9.17, 15) is 17.6 Å². The number of ether oxygens (including phenoxy) is 2. The van der Waals surface area contributed by atoms with Crippen LogP contribution < -0.4 is 4.72 Å². The average Bonchev–Trinajstić information content (AvgIpc) is 2.57. The van der Waals surface area contributed by atoms with Crippen LogP contribution in [0.4, 0.5) is 10.1 Å². The van der Waals surface area contributed by atoms with Gasteiger partial charge in [-0.05, 0) is 42.5 Å². The lowest BCUT2D eigenvalue weighted by molar-refractivity contribution is 0.0388. The number of halogens is 1. The molecule has 1 N–H and O–H groups in total. The molecule has 0 saturated heterocycles. The number of nitrogens with one attached hydrogen (secondary N) is 1. The number of hydrogen-bond donors (Lipinski definition) is 1. The number of esters is 1. The first-order valence-corrected chi connectivity index (χ1v) is 8.45. The topological polar surface area (TPSA) is 81.7 Å². The van der Waals surface area contributed by atoms with Crippen LogP contribution in [-0.2, 0) is 19.5 Å². The smallest absolute Gasteiger partial charge is 0.338 e. The summed E-state index contributed by atoms with van der Waals surface area (Å²) in [7, 11) is -2.44. The third kappa shape index (κ3) is 4.77. The summed E-state index contributed by atoms with van der Waals surface area (Å²) < 4.78 is 49.6. The van der Waals surface area contributed by atoms with E-state index in [0.29, 0.717) is 0 Å². The van der Waals surface area contributed by atoms with Crippen molar-refractivity contribution < 1.29 is 27.1 Å². The Labute approximate surface area is 139 Å². The van der Waals surface area contributed by atoms with Crippen molar-refractivity contribution >= 4 is 21.7 Å². The van der Waals surface area contributed by atoms with Crippen LogP contribution in [0.3, 0.4) is 0 Å². The molecule has 0 amide bonds. The van der Waals surface area contributed by atoms with Crippen molar-refractivity contribution in [1.29, 1.82) is 0 Å². The Hall–Kier alpha value is -2.45. The van der Waals surface area contributed by atoms with Crippen molar-refractivity contribution in [3.8, 4) is 0 Å². The van der Waals surface area contributed by atoms with Gasteiger partial charge in [0, 0.05) is 12.8 Å². The number of rotatable bonds is 7. The number of methoxy groups -OCH3 is 1. The zero-order valence-corrected chi connectivity index (χ0v) is 13.7. The maximum Gasteiger partial charge on any atom is 0.338 e. The molecule has 0 fully saturated rings. The number of anilines is 1. The fourth-order valence-corrected chi connectivity index (χ4v) is 2.93. The Morgan fingerprint density at radius 2 is 1.83 bits per heavy atom. The van der Waals surface area contributed by atoms with Crippen LogP contribution in [0.15, 0.2) is 53.4 Å². The maximum absolute atomic E-state index is 12.9. The van der Waals surface area contributed by atoms with Gasteiger partial charge in [-0.25, -0.2) is 17.6 Å². The van der Waals surface area contributed by atoms with Crippen molar-refractivity contribution in [3.05, 3.63) is 59.9 Å². The standard InChI is InChI=1S/C16H16FNO5S/c1-22-9-10-23-16(19)12-3-2-4-15(11-12)24(20,21)18-14-7-5-13(17)6-8-14/h2-8,11,18H,9-10H2,1H3. The van der Waals surface area contributed by atoms with Gasteiger partial charge in [0.15, 0.2) is 0 Å². The van der Waals surface area contributed by atoms with Gasteiger partial charge in [-0.15, -0.1) is 0 Å². The molecule has 0 aliphatic rings. The molecule has 0 saturated carbocycles. The summed E-state index contributed by atoms with van der Waals surface area (Å²) in [6.45, 7) is 0.315. The fourth-order valence-electron chi connectivity index (χ4n) is 1.82. The number of carbonyl (C=O) groups is 1. The Kier molecular flexibility index (Phi) is 5.88. The molecule has 0 heterocycles. The van der Waals surface area contributed by atoms with Crippen LogP contribution in [0.5, 0.6) is 0 Å². The highest BCUT2D eigenvalue weighted by molar-refractivity contribution is 7.92. The van der Waals surface area contributed by atoms with Crippen molar-refractivity contribution in [3.63, 3.8) is 0 Å². The summed E-state index contributed by atoms with van der Waals surface area (Å²) in [5, 5.41) is 0. The number of hydrogen-bond acceptors (Lipinski definition) is 5. The Bertz CT molecular complexity index is 805. The third-order valence-corrected chi connectivity index (χ3v) is 4.38. The van der Waals surface area contributed by atoms with E-state index in [1.807, 2.05) is 0 Å². The first-order chi connectivity index (χ1) is 11.4. The second kappa shape index (κ2) is 7.89. The second-order valence-electron chi connectivity index (χ2n) is 4.77. The highest BCUT2D eigenvalue weighted by Crippen LogP contribution is 2.18. The van der Waals surface area contributed by atoms with Gasteiger partial charge >= 0.3 is 5.97 Å². The molecule has 2 rings (SSSR count). The van der Waals surface area contributed by atoms with E-state index in [-0.39, 0.29) is 29.4 Å². The number of carbonyl (C=O) groups excluding carboxylic acids is 1. The van der Waals surface area contributed by atoms with Crippen molar-refractivity contribution in [1.82, 2.24) is 0 Å². The normalized spacial score (nSPS) is 11.1. The molecule has 2 aromatic rings. The second-order valence-corrected chi connectivity index (χ2v) is 6.45. The van der Waals surface area contributed by atoms with Crippen LogP contribution in [-0.4, -0.2) is 34.7 Å². The van der Waals surface area contributed by atoms with Gasteiger partial charge in [-0.2, -0.15) is 0 Å². The molecule has 0 radical (unpaired) electrons. The van der Waals surface area contributed by atoms with Gasteiger partial charge in [0.25, 0.3) is 10.0 Å². The minimum absolute atomic E-state index is 0.0696. The summed E-state index contributed by atoms with van der Waals surface area (Å²) in [5.74, 6) is -1.12. The predicted molar refractivity (Wildman–Crippen MR) is 85.8 cm³/mol. The van der Waals surface area contributed by atoms with Crippen molar-refractivity contribution in [2.24, 2.45) is 0 Å². The number of benzene rings is 2. The van der Waals surface area contributed by atoms with E-state index < -0.39 is 21.8 Å². The lowest BCUT2D eigenvalue weighted by atomic mass is 10.2. The fraction of sp³-hybridized carbons (Fsp3) is 0.188. The molecule has 0 aromatic heterocycles. The van der Waals surface area contributed by atoms with Crippen LogP contribution in [0.2, 0.25) is 0 Å². The summed E-state index contributed by atoms with van der Waals surface area (Å²) in [5.41, 5.74) is 0.317. The zero-order chi connectivity index (χ0) is 17.6. The van der Waals surface area contributed by atoms with Crippen LogP contribution in [0.1, 0.15) is 10.4 Å². The van der Waals surface area contributed by atoms with E-state index in [1.54, 1.807) is 0 Å². The van der Waals surface area contributed by atoms with Crippen LogP contribution >= 0.6 is 0 Å². The summed E-state index contributed by atoms with van der Waals surface area (Å²) >= 11 is 0. The zero-order valence-electron chi connectivity index (χ0n) is 12.9. The van der Waals surface area contributed by atoms with Gasteiger partial charge in [0.05, 0.1) is 17.1 Å². The quantitative estimate of drug-likeness (QED) is 0.611. The molecule has 6 nitrogen and oxygen atoms in total. The summed E-state index contributed by atoms with van der Waals surface area (Å²) in [4.78, 5) is 11.8. The van der Waals surface area contributed by atoms with E-state index in [0.717, 1.165) is 12.1 Å². The maximum atomic E-state index is 12.9. The molecular formula is C16H16FNO5S. The van der Waals surface area contributed by atoms with Crippen molar-refractivity contribution in [2.45, 2.75) is 4.90 Å². The highest BCUT2D eigenvalue weighted by Gasteiger charge is 2.17. The highest BCUT2D eigenvalue weighted by atomic mass is 32.2. The van der Waals surface area contributed by atoms with E-state index in [4.69, 9.17) is 9.47 Å². The average molecular weight is 353 g/mol. The predicted octanol–water partition coefficient (Wildman–Crippen LogP) is 2.43. The van der Waals surface area contributed by atoms with Gasteiger partial charge < -0.3 is 9.47 Å². The Morgan fingerprint density at radius 1 is 1.12 bits per heavy atom. The van der Waals surface area contributed by atoms with E-state index >= 15 is 0 Å². The van der Waals surface area contributed by atoms with Gasteiger partial charge in [-0.3, -0.25) is 4.72 Å². The van der Waals surface area contributed by atoms with Crippen LogP contribution in [0, 0.1) is 5.82 Å². The Balaban J connectivity index is 2.17. The van der Waals surface area contributed by atoms with Crippen LogP contribution in [0.25, 0.3) is 0 Å². The molecule has 8 heteroatoms. The minimum Gasteiger partial charge on any atom is -0.460 e. The first-order valence-electron chi connectivity index (χ1n) is 6.97. The monoisotopic (exact) mass is 353 g/mol. The third-order valence-electron chi connectivity index (χ3n) is 3.00. The number of sulfonamides is 1. The molecule has 0 spiro atoms. The molecule has 0 aliphatic heterocycles. The molecule has 24 heavy (non-hydrogen) atoms. The molecule has 128 valence electrons. The molecule has 0 atom stereocenters. The largest absolute Gasteiger partial charge is 0.460 e. The van der Waals surface area contributed by atoms with Crippen molar-refractivity contribution in [2.75, 3.05) is 25.0 Å². The SMILES string of the molecule is COCCOC(=O)c1cccc(S(=O)(=O)Nc2ccc(F)cc2)c1. The lowest BCUT2D eigenvalue weighted by Crippen LogP contribution is -2.15. The first kappa shape index (κ1) is 17.9. The van der Waals surface area contributed by atoms with Gasteiger partial charge in [0.1, 0.15) is 12.4 Å². The Morgan fingerprint density at radius 3 is 2.50 bits per heavy atom. The summed E-state index contributed by atoms with van der Waals surface area (Å²) in [6.07, 6.45) is 0. The van der Waals surface area contributed by atoms with E-state index in [1.165, 1.54) is 43.5 Å². The van der Waals surface area contributed by atoms with E-state index in [2.05, 4.69) is 4.72 Å². The minimum atomic E-state index is -3.91. The van der Waals surface area contributed by atoms with Gasteiger partial charge in [0.2, 0.25) is 0 Å². The molecule has 0 aliphatic carbocycles. The lowest BCUT2D eigenvalue weighted by Gasteiger charge is -2.09.